The zero-order valence-corrected chi connectivity index (χ0v) is 27.4. The van der Waals surface area contributed by atoms with E-state index in [2.05, 4.69) is 161 Å². The fraction of sp³-hybridized carbons (Fsp3) is 0.200. The third-order valence-corrected chi connectivity index (χ3v) is 11.9. The number of rotatable bonds is 1. The minimum atomic E-state index is -0.133. The minimum absolute atomic E-state index is 0.0680. The molecule has 0 saturated carbocycles. The van der Waals surface area contributed by atoms with E-state index in [9.17, 15) is 0 Å². The van der Waals surface area contributed by atoms with Crippen molar-refractivity contribution in [3.05, 3.63) is 149 Å². The third-order valence-electron chi connectivity index (χ3n) is 11.9. The predicted octanol–water partition coefficient (Wildman–Crippen LogP) is 11.7. The smallest absolute Gasteiger partial charge is 0.0629 e. The molecule has 1 nitrogen and oxygen atoms in total. The van der Waals surface area contributed by atoms with E-state index in [1.54, 1.807) is 0 Å². The summed E-state index contributed by atoms with van der Waals surface area (Å²) in [5.41, 5.74) is 20.5. The Hall–Kier alpha value is -4.88. The molecular weight excluding hydrogens is 555 g/mol. The molecule has 7 aromatic rings. The maximum atomic E-state index is 2.61. The molecule has 3 aliphatic rings. The van der Waals surface area contributed by atoms with Crippen molar-refractivity contribution in [2.24, 2.45) is 0 Å². The highest BCUT2D eigenvalue weighted by Crippen LogP contribution is 2.63. The Morgan fingerprint density at radius 3 is 1.61 bits per heavy atom. The van der Waals surface area contributed by atoms with E-state index in [0.717, 1.165) is 0 Å². The second-order valence-electron chi connectivity index (χ2n) is 15.3. The monoisotopic (exact) mass is 591 g/mol. The average Bonchev–Trinajstić information content (AvgIpc) is 3.68. The number of para-hydroxylation sites is 1. The van der Waals surface area contributed by atoms with E-state index >= 15 is 0 Å². The van der Waals surface area contributed by atoms with Gasteiger partial charge in [-0.2, -0.15) is 0 Å². The second kappa shape index (κ2) is 8.28. The molecule has 0 aliphatic heterocycles. The average molecular weight is 592 g/mol. The van der Waals surface area contributed by atoms with Crippen molar-refractivity contribution in [2.75, 3.05) is 0 Å². The first kappa shape index (κ1) is 26.3. The van der Waals surface area contributed by atoms with Gasteiger partial charge in [0.05, 0.1) is 11.0 Å². The number of hydrogen-bond donors (Lipinski definition) is 0. The quantitative estimate of drug-likeness (QED) is 0.179. The largest absolute Gasteiger partial charge is 0.309 e. The minimum Gasteiger partial charge on any atom is -0.309 e. The molecule has 1 heteroatoms. The molecule has 0 bridgehead atoms. The number of fused-ring (bicyclic) bond motifs is 15. The predicted molar refractivity (Wildman–Crippen MR) is 193 cm³/mol. The molecule has 222 valence electrons. The van der Waals surface area contributed by atoms with E-state index in [1.807, 2.05) is 0 Å². The molecule has 0 N–H and O–H groups in total. The standard InChI is InChI=1S/C45H37N/c1-43(2)32-19-11-7-15-27(32)28-24-23-26(25-35(28)43)46-36-22-14-10-18-31(36)38-37-29-16-8-12-20-33(29)44(3,4)40(37)41-39(42(38)46)30-17-9-13-21-34(30)45(41,5)6/h7-25H,1-6H3. The van der Waals surface area contributed by atoms with Gasteiger partial charge in [0.1, 0.15) is 0 Å². The zero-order chi connectivity index (χ0) is 31.3. The van der Waals surface area contributed by atoms with Crippen LogP contribution in [0.3, 0.4) is 0 Å². The summed E-state index contributed by atoms with van der Waals surface area (Å²) in [7, 11) is 0. The van der Waals surface area contributed by atoms with Gasteiger partial charge in [0.25, 0.3) is 0 Å². The maximum absolute atomic E-state index is 2.61. The highest BCUT2D eigenvalue weighted by molar-refractivity contribution is 6.23. The van der Waals surface area contributed by atoms with Crippen molar-refractivity contribution in [1.82, 2.24) is 4.57 Å². The summed E-state index contributed by atoms with van der Waals surface area (Å²) in [6.07, 6.45) is 0. The second-order valence-corrected chi connectivity index (χ2v) is 15.3. The van der Waals surface area contributed by atoms with Crippen LogP contribution in [0.4, 0.5) is 0 Å². The van der Waals surface area contributed by atoms with Crippen LogP contribution in [0.1, 0.15) is 74.9 Å². The van der Waals surface area contributed by atoms with Crippen LogP contribution in [0.25, 0.3) is 60.9 Å². The summed E-state index contributed by atoms with van der Waals surface area (Å²) in [5.74, 6) is 0. The lowest BCUT2D eigenvalue weighted by Gasteiger charge is -2.31. The van der Waals surface area contributed by atoms with Gasteiger partial charge < -0.3 is 4.57 Å². The zero-order valence-electron chi connectivity index (χ0n) is 27.4. The molecule has 1 aromatic heterocycles. The molecule has 0 amide bonds. The summed E-state index contributed by atoms with van der Waals surface area (Å²) >= 11 is 0. The molecule has 6 aromatic carbocycles. The summed E-state index contributed by atoms with van der Waals surface area (Å²) in [4.78, 5) is 0. The molecule has 0 unspecified atom stereocenters. The number of benzene rings is 6. The molecule has 10 rings (SSSR count). The van der Waals surface area contributed by atoms with Crippen LogP contribution < -0.4 is 0 Å². The first-order valence-corrected chi connectivity index (χ1v) is 16.7. The van der Waals surface area contributed by atoms with Gasteiger partial charge in [0.2, 0.25) is 0 Å². The highest BCUT2D eigenvalue weighted by Gasteiger charge is 2.48. The van der Waals surface area contributed by atoms with Crippen molar-refractivity contribution in [3.8, 4) is 39.1 Å². The Balaban J connectivity index is 1.43. The maximum Gasteiger partial charge on any atom is 0.0629 e. The van der Waals surface area contributed by atoms with Crippen LogP contribution in [0.15, 0.2) is 115 Å². The van der Waals surface area contributed by atoms with Crippen molar-refractivity contribution in [2.45, 2.75) is 57.8 Å². The molecule has 0 fully saturated rings. The molecule has 0 radical (unpaired) electrons. The number of nitrogens with zero attached hydrogens (tertiary/aromatic N) is 1. The Bertz CT molecular complexity index is 2500. The van der Waals surface area contributed by atoms with Crippen molar-refractivity contribution < 1.29 is 0 Å². The molecule has 0 atom stereocenters. The van der Waals surface area contributed by atoms with E-state index < -0.39 is 0 Å². The Morgan fingerprint density at radius 1 is 0.435 bits per heavy atom. The fourth-order valence-electron chi connectivity index (χ4n) is 9.87. The van der Waals surface area contributed by atoms with Gasteiger partial charge in [-0.05, 0) is 79.4 Å². The number of aromatic nitrogens is 1. The lowest BCUT2D eigenvalue weighted by atomic mass is 9.72. The van der Waals surface area contributed by atoms with Crippen molar-refractivity contribution >= 4 is 21.8 Å². The van der Waals surface area contributed by atoms with Crippen molar-refractivity contribution in [3.63, 3.8) is 0 Å². The van der Waals surface area contributed by atoms with Crippen LogP contribution in [0.5, 0.6) is 0 Å². The molecule has 46 heavy (non-hydrogen) atoms. The molecule has 0 saturated heterocycles. The lowest BCUT2D eigenvalue weighted by Crippen LogP contribution is -2.24. The Morgan fingerprint density at radius 2 is 0.935 bits per heavy atom. The lowest BCUT2D eigenvalue weighted by molar-refractivity contribution is 0.602. The normalized spacial score (nSPS) is 17.0. The molecular formula is C45H37N. The molecule has 0 spiro atoms. The Kier molecular flexibility index (Phi) is 4.74. The first-order chi connectivity index (χ1) is 22.1. The summed E-state index contributed by atoms with van der Waals surface area (Å²) in [5, 5.41) is 2.72. The first-order valence-electron chi connectivity index (χ1n) is 16.7. The van der Waals surface area contributed by atoms with Crippen LogP contribution >= 0.6 is 0 Å². The topological polar surface area (TPSA) is 4.93 Å². The van der Waals surface area contributed by atoms with E-state index in [4.69, 9.17) is 0 Å². The van der Waals surface area contributed by atoms with E-state index in [-0.39, 0.29) is 16.2 Å². The molecule has 1 heterocycles. The summed E-state index contributed by atoms with van der Waals surface area (Å²) < 4.78 is 2.61. The van der Waals surface area contributed by atoms with Crippen LogP contribution in [0, 0.1) is 0 Å². The van der Waals surface area contributed by atoms with Crippen LogP contribution in [-0.4, -0.2) is 4.57 Å². The summed E-state index contributed by atoms with van der Waals surface area (Å²) in [6.45, 7) is 14.6. The van der Waals surface area contributed by atoms with E-state index in [1.165, 1.54) is 94.3 Å². The van der Waals surface area contributed by atoms with Crippen LogP contribution in [0.2, 0.25) is 0 Å². The van der Waals surface area contributed by atoms with Gasteiger partial charge in [0.15, 0.2) is 0 Å². The fourth-order valence-corrected chi connectivity index (χ4v) is 9.87. The van der Waals surface area contributed by atoms with Gasteiger partial charge in [-0.25, -0.2) is 0 Å². The van der Waals surface area contributed by atoms with Gasteiger partial charge >= 0.3 is 0 Å². The Labute approximate surface area is 271 Å². The molecule has 3 aliphatic carbocycles. The van der Waals surface area contributed by atoms with Crippen molar-refractivity contribution in [1.29, 1.82) is 0 Å². The van der Waals surface area contributed by atoms with Gasteiger partial charge in [-0.1, -0.05) is 139 Å². The van der Waals surface area contributed by atoms with Gasteiger partial charge in [-0.3, -0.25) is 0 Å². The van der Waals surface area contributed by atoms with E-state index in [0.29, 0.717) is 0 Å². The summed E-state index contributed by atoms with van der Waals surface area (Å²) in [6, 6.07) is 43.7. The van der Waals surface area contributed by atoms with Gasteiger partial charge in [0, 0.05) is 38.3 Å². The highest BCUT2D eigenvalue weighted by atomic mass is 15.0. The number of hydrogen-bond acceptors (Lipinski definition) is 0. The van der Waals surface area contributed by atoms with Crippen LogP contribution in [-0.2, 0) is 16.2 Å². The SMILES string of the molecule is CC1(C)c2ccccc2-c2ccc(-n3c4ccccc4c4c5c(c6c(c43)-c3ccccc3C6(C)C)C(C)(C)c3ccccc3-5)cc21. The third kappa shape index (κ3) is 2.90. The van der Waals surface area contributed by atoms with Gasteiger partial charge in [-0.15, -0.1) is 0 Å².